The number of halogens is 1. The highest BCUT2D eigenvalue weighted by molar-refractivity contribution is 6.33. The van der Waals surface area contributed by atoms with Crippen LogP contribution in [0.3, 0.4) is 0 Å². The van der Waals surface area contributed by atoms with E-state index in [2.05, 4.69) is 10.2 Å². The van der Waals surface area contributed by atoms with Crippen molar-refractivity contribution in [1.82, 2.24) is 9.47 Å². The number of oxazole rings is 1. The van der Waals surface area contributed by atoms with Gasteiger partial charge >= 0.3 is 5.76 Å². The predicted octanol–water partition coefficient (Wildman–Crippen LogP) is 3.52. The molecule has 1 fully saturated rings. The lowest BCUT2D eigenvalue weighted by Crippen LogP contribution is -2.40. The molecule has 0 atom stereocenters. The first-order chi connectivity index (χ1) is 13.1. The largest absolute Gasteiger partial charge is 0.420 e. The molecule has 0 aliphatic carbocycles. The number of fused-ring (bicyclic) bond motifs is 1. The van der Waals surface area contributed by atoms with Crippen LogP contribution in [0.25, 0.3) is 11.1 Å². The highest BCUT2D eigenvalue weighted by Crippen LogP contribution is 2.26. The van der Waals surface area contributed by atoms with E-state index in [0.29, 0.717) is 22.8 Å². The van der Waals surface area contributed by atoms with Gasteiger partial charge in [-0.1, -0.05) is 35.9 Å². The Balaban J connectivity index is 1.38. The summed E-state index contributed by atoms with van der Waals surface area (Å²) in [4.78, 5) is 26.6. The van der Waals surface area contributed by atoms with Crippen molar-refractivity contribution < 1.29 is 9.21 Å². The molecule has 0 spiro atoms. The molecule has 1 aromatic heterocycles. The van der Waals surface area contributed by atoms with Gasteiger partial charge in [-0.25, -0.2) is 4.79 Å². The maximum Gasteiger partial charge on any atom is 0.420 e. The number of hydrogen-bond donors (Lipinski definition) is 1. The lowest BCUT2D eigenvalue weighted by atomic mass is 10.0. The standard InChI is InChI=1S/C20H20ClN3O3/c21-15-5-1-2-6-16(15)22-19(25)13-23-11-9-14(10-12-23)24-17-7-3-4-8-18(17)27-20(24)26/h1-8,14H,9-13H2,(H,22,25). The van der Waals surface area contributed by atoms with Gasteiger partial charge in [-0.05, 0) is 37.1 Å². The Morgan fingerprint density at radius 1 is 1.11 bits per heavy atom. The molecule has 2 heterocycles. The molecular weight excluding hydrogens is 366 g/mol. The summed E-state index contributed by atoms with van der Waals surface area (Å²) >= 11 is 6.08. The van der Waals surface area contributed by atoms with Crippen LogP contribution in [0.1, 0.15) is 18.9 Å². The lowest BCUT2D eigenvalue weighted by molar-refractivity contribution is -0.117. The molecule has 4 rings (SSSR count). The van der Waals surface area contributed by atoms with Gasteiger partial charge in [0.15, 0.2) is 5.58 Å². The maximum atomic E-state index is 12.3. The minimum atomic E-state index is -0.314. The van der Waals surface area contributed by atoms with E-state index in [9.17, 15) is 9.59 Å². The second-order valence-corrected chi connectivity index (χ2v) is 7.15. The van der Waals surface area contributed by atoms with Gasteiger partial charge in [0.2, 0.25) is 5.91 Å². The summed E-state index contributed by atoms with van der Waals surface area (Å²) in [6, 6.07) is 14.7. The third-order valence-corrected chi connectivity index (χ3v) is 5.29. The fraction of sp³-hybridized carbons (Fsp3) is 0.300. The van der Waals surface area contributed by atoms with Crippen LogP contribution in [0.15, 0.2) is 57.7 Å². The zero-order chi connectivity index (χ0) is 18.8. The van der Waals surface area contributed by atoms with Crippen LogP contribution in [-0.2, 0) is 4.79 Å². The molecule has 1 saturated heterocycles. The van der Waals surface area contributed by atoms with Gasteiger partial charge in [0, 0.05) is 19.1 Å². The molecule has 3 aromatic rings. The minimum Gasteiger partial charge on any atom is -0.408 e. The molecule has 140 valence electrons. The van der Waals surface area contributed by atoms with Crippen LogP contribution in [0.4, 0.5) is 5.69 Å². The monoisotopic (exact) mass is 385 g/mol. The number of aromatic nitrogens is 1. The van der Waals surface area contributed by atoms with Crippen molar-refractivity contribution in [2.24, 2.45) is 0 Å². The number of rotatable bonds is 4. The van der Waals surface area contributed by atoms with Crippen LogP contribution >= 0.6 is 11.6 Å². The van der Waals surface area contributed by atoms with Crippen LogP contribution < -0.4 is 11.1 Å². The van der Waals surface area contributed by atoms with Crippen molar-refractivity contribution in [3.8, 4) is 0 Å². The number of likely N-dealkylation sites (tertiary alicyclic amines) is 1. The summed E-state index contributed by atoms with van der Waals surface area (Å²) in [7, 11) is 0. The molecule has 1 amide bonds. The molecule has 7 heteroatoms. The van der Waals surface area contributed by atoms with Crippen molar-refractivity contribution in [2.45, 2.75) is 18.9 Å². The highest BCUT2D eigenvalue weighted by atomic mass is 35.5. The molecule has 1 aliphatic rings. The number of para-hydroxylation sites is 3. The van der Waals surface area contributed by atoms with Crippen LogP contribution in [0.2, 0.25) is 5.02 Å². The summed E-state index contributed by atoms with van der Waals surface area (Å²) < 4.78 is 7.08. The Morgan fingerprint density at radius 2 is 1.81 bits per heavy atom. The number of anilines is 1. The van der Waals surface area contributed by atoms with Gasteiger partial charge in [0.1, 0.15) is 0 Å². The highest BCUT2D eigenvalue weighted by Gasteiger charge is 2.25. The SMILES string of the molecule is O=C(CN1CCC(n2c(=O)oc3ccccc32)CC1)Nc1ccccc1Cl. The second-order valence-electron chi connectivity index (χ2n) is 6.74. The van der Waals surface area contributed by atoms with Gasteiger partial charge in [-0.3, -0.25) is 14.3 Å². The topological polar surface area (TPSA) is 67.5 Å². The van der Waals surface area contributed by atoms with Crippen molar-refractivity contribution >= 4 is 34.3 Å². The number of carbonyl (C=O) groups is 1. The molecule has 0 unspecified atom stereocenters. The van der Waals surface area contributed by atoms with Crippen molar-refractivity contribution in [2.75, 3.05) is 25.0 Å². The molecule has 2 aromatic carbocycles. The number of nitrogens with one attached hydrogen (secondary N) is 1. The van der Waals surface area contributed by atoms with Crippen LogP contribution in [0, 0.1) is 0 Å². The van der Waals surface area contributed by atoms with E-state index in [-0.39, 0.29) is 17.7 Å². The summed E-state index contributed by atoms with van der Waals surface area (Å²) in [6.07, 6.45) is 1.59. The fourth-order valence-corrected chi connectivity index (χ4v) is 3.80. The van der Waals surface area contributed by atoms with Gasteiger partial charge in [0.25, 0.3) is 0 Å². The van der Waals surface area contributed by atoms with Gasteiger partial charge in [-0.15, -0.1) is 0 Å². The van der Waals surface area contributed by atoms with E-state index in [1.54, 1.807) is 22.8 Å². The molecule has 27 heavy (non-hydrogen) atoms. The Labute approximate surface area is 161 Å². The van der Waals surface area contributed by atoms with E-state index in [4.69, 9.17) is 16.0 Å². The van der Waals surface area contributed by atoms with E-state index >= 15 is 0 Å². The van der Waals surface area contributed by atoms with Crippen LogP contribution in [-0.4, -0.2) is 35.0 Å². The zero-order valence-corrected chi connectivity index (χ0v) is 15.5. The summed E-state index contributed by atoms with van der Waals surface area (Å²) in [5.74, 6) is -0.404. The average Bonchev–Trinajstić information content (AvgIpc) is 3.00. The van der Waals surface area contributed by atoms with Crippen molar-refractivity contribution in [3.63, 3.8) is 0 Å². The smallest absolute Gasteiger partial charge is 0.408 e. The van der Waals surface area contributed by atoms with E-state index in [1.165, 1.54) is 0 Å². The lowest BCUT2D eigenvalue weighted by Gasteiger charge is -2.31. The second kappa shape index (κ2) is 7.58. The predicted molar refractivity (Wildman–Crippen MR) is 105 cm³/mol. The first kappa shape index (κ1) is 17.8. The molecule has 0 radical (unpaired) electrons. The van der Waals surface area contributed by atoms with E-state index < -0.39 is 0 Å². The minimum absolute atomic E-state index is 0.0871. The molecule has 0 bridgehead atoms. The summed E-state index contributed by atoms with van der Waals surface area (Å²) in [5.41, 5.74) is 2.07. The number of amides is 1. The zero-order valence-electron chi connectivity index (χ0n) is 14.7. The Kier molecular flexibility index (Phi) is 5.01. The third kappa shape index (κ3) is 3.77. The first-order valence-corrected chi connectivity index (χ1v) is 9.36. The molecular formula is C20H20ClN3O3. The summed E-state index contributed by atoms with van der Waals surface area (Å²) in [6.45, 7) is 1.79. The fourth-order valence-electron chi connectivity index (χ4n) is 3.62. The Bertz CT molecular complexity index is 1020. The van der Waals surface area contributed by atoms with Crippen LogP contribution in [0.5, 0.6) is 0 Å². The van der Waals surface area contributed by atoms with E-state index in [0.717, 1.165) is 31.4 Å². The van der Waals surface area contributed by atoms with Crippen molar-refractivity contribution in [1.29, 1.82) is 0 Å². The number of benzene rings is 2. The average molecular weight is 386 g/mol. The third-order valence-electron chi connectivity index (χ3n) is 4.96. The van der Waals surface area contributed by atoms with Gasteiger partial charge in [0.05, 0.1) is 22.8 Å². The summed E-state index contributed by atoms with van der Waals surface area (Å²) in [5, 5.41) is 3.37. The first-order valence-electron chi connectivity index (χ1n) is 8.98. The number of carbonyl (C=O) groups excluding carboxylic acids is 1. The molecule has 1 N–H and O–H groups in total. The number of hydrogen-bond acceptors (Lipinski definition) is 4. The maximum absolute atomic E-state index is 12.3. The number of nitrogens with zero attached hydrogens (tertiary/aromatic N) is 2. The van der Waals surface area contributed by atoms with Gasteiger partial charge < -0.3 is 9.73 Å². The Hall–Kier alpha value is -2.57. The van der Waals surface area contributed by atoms with Crippen molar-refractivity contribution in [3.05, 3.63) is 64.1 Å². The Morgan fingerprint density at radius 3 is 2.59 bits per heavy atom. The molecule has 0 saturated carbocycles. The number of piperidine rings is 1. The molecule has 6 nitrogen and oxygen atoms in total. The van der Waals surface area contributed by atoms with E-state index in [1.807, 2.05) is 30.3 Å². The normalized spacial score (nSPS) is 15.9. The molecule has 1 aliphatic heterocycles. The quantitative estimate of drug-likeness (QED) is 0.746. The van der Waals surface area contributed by atoms with Gasteiger partial charge in [-0.2, -0.15) is 0 Å².